The minimum absolute atomic E-state index is 0.589. The molecule has 0 atom stereocenters. The zero-order chi connectivity index (χ0) is 34.9. The fourth-order valence-corrected chi connectivity index (χ4v) is 8.12. The lowest BCUT2D eigenvalue weighted by Crippen LogP contribution is -2.06. The van der Waals surface area contributed by atoms with Gasteiger partial charge in [0.1, 0.15) is 0 Å². The molecule has 0 unspecified atom stereocenters. The average molecular weight is 675 g/mol. The van der Waals surface area contributed by atoms with Gasteiger partial charge >= 0.3 is 0 Å². The molecule has 0 saturated carbocycles. The van der Waals surface area contributed by atoms with Crippen LogP contribution in [0, 0.1) is 0 Å². The van der Waals surface area contributed by atoms with E-state index in [0.717, 1.165) is 44.4 Å². The molecule has 11 rings (SSSR count). The van der Waals surface area contributed by atoms with E-state index in [9.17, 15) is 0 Å². The highest BCUT2D eigenvalue weighted by Crippen LogP contribution is 2.44. The van der Waals surface area contributed by atoms with E-state index in [0.29, 0.717) is 17.6 Å². The lowest BCUT2D eigenvalue weighted by atomic mass is 9.92. The second-order valence-corrected chi connectivity index (χ2v) is 13.7. The molecule has 246 valence electrons. The molecule has 0 radical (unpaired) electrons. The molecule has 9 aromatic carbocycles. The van der Waals surface area contributed by atoms with Crippen molar-refractivity contribution < 1.29 is 0 Å². The van der Waals surface area contributed by atoms with Crippen molar-refractivity contribution in [3.8, 4) is 51.0 Å². The third-order valence-electron chi connectivity index (χ3n) is 10.6. The highest BCUT2D eigenvalue weighted by molar-refractivity contribution is 6.35. The number of nitrogens with zero attached hydrogens (tertiary/aromatic N) is 4. The van der Waals surface area contributed by atoms with Gasteiger partial charge in [-0.3, -0.25) is 4.57 Å². The van der Waals surface area contributed by atoms with Gasteiger partial charge in [-0.2, -0.15) is 9.97 Å². The summed E-state index contributed by atoms with van der Waals surface area (Å²) in [5, 5.41) is 9.88. The Morgan fingerprint density at radius 3 is 1.21 bits per heavy atom. The lowest BCUT2D eigenvalue weighted by Gasteiger charge is -2.12. The number of aromatic nitrogens is 4. The standard InChI is InChI=1S/C49H30N4/c1-3-13-31(14-4-1)33-19-9-21-37(27-33)47-50-48(38-22-10-20-34(28-38)32-15-5-2-6-16-32)52-49(51-47)53-43-25-11-23-39-41-29-35-17-7-8-18-36(35)30-42(41)40-24-12-26-44(53)46(40)45(39)43/h1-30H. The van der Waals surface area contributed by atoms with Crippen LogP contribution in [-0.2, 0) is 0 Å². The Hall–Kier alpha value is -7.17. The van der Waals surface area contributed by atoms with Crippen LogP contribution < -0.4 is 0 Å². The first-order chi connectivity index (χ1) is 26.3. The summed E-state index contributed by atoms with van der Waals surface area (Å²) >= 11 is 0. The van der Waals surface area contributed by atoms with Gasteiger partial charge in [0.15, 0.2) is 11.6 Å². The van der Waals surface area contributed by atoms with Gasteiger partial charge in [0.2, 0.25) is 5.95 Å². The van der Waals surface area contributed by atoms with E-state index in [-0.39, 0.29) is 0 Å². The van der Waals surface area contributed by atoms with Gasteiger partial charge in [-0.25, -0.2) is 4.98 Å². The fraction of sp³-hybridized carbons (Fsp3) is 0. The molecule has 11 aromatic rings. The molecule has 0 fully saturated rings. The topological polar surface area (TPSA) is 43.6 Å². The van der Waals surface area contributed by atoms with E-state index in [1.165, 1.54) is 43.1 Å². The van der Waals surface area contributed by atoms with Crippen LogP contribution in [0.1, 0.15) is 0 Å². The van der Waals surface area contributed by atoms with Crippen LogP contribution in [0.15, 0.2) is 182 Å². The summed E-state index contributed by atoms with van der Waals surface area (Å²) in [4.78, 5) is 15.8. The van der Waals surface area contributed by atoms with Crippen LogP contribution in [0.5, 0.6) is 0 Å². The van der Waals surface area contributed by atoms with Gasteiger partial charge in [-0.1, -0.05) is 146 Å². The molecule has 0 aliphatic heterocycles. The molecule has 4 heteroatoms. The van der Waals surface area contributed by atoms with E-state index >= 15 is 0 Å². The zero-order valence-corrected chi connectivity index (χ0v) is 28.6. The van der Waals surface area contributed by atoms with Crippen molar-refractivity contribution in [1.29, 1.82) is 0 Å². The Morgan fingerprint density at radius 2 is 0.717 bits per heavy atom. The van der Waals surface area contributed by atoms with Crippen molar-refractivity contribution in [2.24, 2.45) is 0 Å². The number of benzene rings is 9. The fourth-order valence-electron chi connectivity index (χ4n) is 8.12. The third kappa shape index (κ3) is 4.73. The Bertz CT molecular complexity index is 2960. The maximum absolute atomic E-state index is 5.30. The highest BCUT2D eigenvalue weighted by Gasteiger charge is 2.22. The normalized spacial score (nSPS) is 11.8. The van der Waals surface area contributed by atoms with Gasteiger partial charge in [-0.15, -0.1) is 0 Å². The maximum Gasteiger partial charge on any atom is 0.238 e. The number of rotatable bonds is 5. The Morgan fingerprint density at radius 1 is 0.302 bits per heavy atom. The van der Waals surface area contributed by atoms with Gasteiger partial charge in [0.25, 0.3) is 0 Å². The summed E-state index contributed by atoms with van der Waals surface area (Å²) < 4.78 is 2.24. The third-order valence-corrected chi connectivity index (χ3v) is 10.6. The number of hydrogen-bond acceptors (Lipinski definition) is 3. The molecule has 2 heterocycles. The lowest BCUT2D eigenvalue weighted by molar-refractivity contribution is 0.954. The largest absolute Gasteiger partial charge is 0.278 e. The van der Waals surface area contributed by atoms with Crippen molar-refractivity contribution in [2.45, 2.75) is 0 Å². The van der Waals surface area contributed by atoms with Crippen LogP contribution in [0.25, 0.3) is 105 Å². The molecule has 0 amide bonds. The van der Waals surface area contributed by atoms with E-state index in [2.05, 4.69) is 174 Å². The van der Waals surface area contributed by atoms with E-state index in [1.807, 2.05) is 12.1 Å². The molecular formula is C49H30N4. The monoisotopic (exact) mass is 674 g/mol. The van der Waals surface area contributed by atoms with Crippen molar-refractivity contribution in [3.05, 3.63) is 182 Å². The average Bonchev–Trinajstić information content (AvgIpc) is 3.59. The van der Waals surface area contributed by atoms with Crippen molar-refractivity contribution in [2.75, 3.05) is 0 Å². The summed E-state index contributed by atoms with van der Waals surface area (Å²) in [6, 6.07) is 64.4. The Kier molecular flexibility index (Phi) is 6.52. The van der Waals surface area contributed by atoms with Crippen molar-refractivity contribution >= 4 is 54.1 Å². The van der Waals surface area contributed by atoms with Crippen LogP contribution >= 0.6 is 0 Å². The maximum atomic E-state index is 5.30. The molecule has 0 aliphatic rings. The predicted molar refractivity (Wildman–Crippen MR) is 220 cm³/mol. The first-order valence-corrected chi connectivity index (χ1v) is 17.9. The van der Waals surface area contributed by atoms with Crippen LogP contribution in [0.3, 0.4) is 0 Å². The quantitative estimate of drug-likeness (QED) is 0.135. The second-order valence-electron chi connectivity index (χ2n) is 13.7. The molecule has 0 N–H and O–H groups in total. The molecule has 4 nitrogen and oxygen atoms in total. The first kappa shape index (κ1) is 29.5. The minimum Gasteiger partial charge on any atom is -0.278 e. The smallest absolute Gasteiger partial charge is 0.238 e. The van der Waals surface area contributed by atoms with Crippen LogP contribution in [0.4, 0.5) is 0 Å². The van der Waals surface area contributed by atoms with Crippen LogP contribution in [-0.4, -0.2) is 19.5 Å². The summed E-state index contributed by atoms with van der Waals surface area (Å²) in [6.45, 7) is 0. The zero-order valence-electron chi connectivity index (χ0n) is 28.6. The second kappa shape index (κ2) is 11.7. The molecule has 0 saturated heterocycles. The number of fused-ring (bicyclic) bond motifs is 4. The summed E-state index contributed by atoms with van der Waals surface area (Å²) in [5.74, 6) is 1.84. The first-order valence-electron chi connectivity index (χ1n) is 17.9. The Labute approximate surface area is 305 Å². The molecule has 53 heavy (non-hydrogen) atoms. The van der Waals surface area contributed by atoms with Gasteiger partial charge in [0.05, 0.1) is 11.0 Å². The molecule has 0 bridgehead atoms. The summed E-state index contributed by atoms with van der Waals surface area (Å²) in [7, 11) is 0. The molecule has 2 aromatic heterocycles. The minimum atomic E-state index is 0.589. The summed E-state index contributed by atoms with van der Waals surface area (Å²) in [5.41, 5.74) is 8.52. The van der Waals surface area contributed by atoms with Crippen LogP contribution in [0.2, 0.25) is 0 Å². The van der Waals surface area contributed by atoms with E-state index < -0.39 is 0 Å². The van der Waals surface area contributed by atoms with Gasteiger partial charge in [0, 0.05) is 21.9 Å². The Balaban J connectivity index is 1.20. The SMILES string of the molecule is c1ccc(-c2cccc(-c3nc(-c4cccc(-c5ccccc5)c4)nc(-n4c5cccc6c7cc8ccccc8cc7c7cccc4c7c65)n3)c2)cc1. The van der Waals surface area contributed by atoms with Gasteiger partial charge in [-0.05, 0) is 91.0 Å². The molecular weight excluding hydrogens is 645 g/mol. The van der Waals surface area contributed by atoms with E-state index in [1.54, 1.807) is 0 Å². The highest BCUT2D eigenvalue weighted by atomic mass is 15.2. The van der Waals surface area contributed by atoms with Crippen molar-refractivity contribution in [3.63, 3.8) is 0 Å². The summed E-state index contributed by atoms with van der Waals surface area (Å²) in [6.07, 6.45) is 0. The molecule has 0 aliphatic carbocycles. The van der Waals surface area contributed by atoms with E-state index in [4.69, 9.17) is 15.0 Å². The van der Waals surface area contributed by atoms with Crippen molar-refractivity contribution in [1.82, 2.24) is 19.5 Å². The van der Waals surface area contributed by atoms with Gasteiger partial charge < -0.3 is 0 Å². The molecule has 0 spiro atoms. The predicted octanol–water partition coefficient (Wildman–Crippen LogP) is 12.5. The number of hydrogen-bond donors (Lipinski definition) is 0.